The molecule has 0 aromatic heterocycles. The van der Waals surface area contributed by atoms with Gasteiger partial charge in [-0.1, -0.05) is 109 Å². The highest BCUT2D eigenvalue weighted by atomic mass is 16.1. The zero-order valence-corrected chi connectivity index (χ0v) is 18.1. The Morgan fingerprint density at radius 2 is 1.73 bits per heavy atom. The number of rotatable bonds is 7. The number of benzene rings is 1. The minimum absolute atomic E-state index is 0.545. The van der Waals surface area contributed by atoms with Gasteiger partial charge in [-0.2, -0.15) is 0 Å². The van der Waals surface area contributed by atoms with E-state index in [4.69, 9.17) is 4.79 Å². The van der Waals surface area contributed by atoms with Crippen molar-refractivity contribution in [1.82, 2.24) is 0 Å². The number of carbonyl (C=O) groups excluding carboxylic acids is 1. The summed E-state index contributed by atoms with van der Waals surface area (Å²) in [5.41, 5.74) is 3.87. The molecule has 1 nitrogen and oxygen atoms in total. The lowest BCUT2D eigenvalue weighted by Crippen LogP contribution is -1.96. The molecule has 0 aliphatic carbocycles. The molecule has 146 valence electrons. The monoisotopic (exact) mass is 356 g/mol. The first-order valence-electron chi connectivity index (χ1n) is 9.71. The van der Waals surface area contributed by atoms with E-state index in [0.717, 1.165) is 12.8 Å². The number of allylic oxidation sites excluding steroid dienone is 7. The number of carbonyl (C=O) groups is 1. The van der Waals surface area contributed by atoms with Crippen LogP contribution in [0, 0.1) is 5.92 Å². The Labute approximate surface area is 163 Å². The molecule has 0 bridgehead atoms. The van der Waals surface area contributed by atoms with Crippen molar-refractivity contribution < 1.29 is 4.79 Å². The quantitative estimate of drug-likeness (QED) is 0.455. The van der Waals surface area contributed by atoms with Crippen LogP contribution in [0.1, 0.15) is 66.0 Å². The molecule has 1 heteroatoms. The molecule has 26 heavy (non-hydrogen) atoms. The molecule has 0 aliphatic heterocycles. The Morgan fingerprint density at radius 3 is 2.23 bits per heavy atom. The van der Waals surface area contributed by atoms with E-state index in [-0.39, 0.29) is 0 Å². The Hall–Kier alpha value is -2.15. The summed E-state index contributed by atoms with van der Waals surface area (Å²) >= 11 is 0. The van der Waals surface area contributed by atoms with Crippen LogP contribution in [-0.4, -0.2) is 6.79 Å². The summed E-state index contributed by atoms with van der Waals surface area (Å²) in [5, 5.41) is 0. The van der Waals surface area contributed by atoms with Crippen molar-refractivity contribution in [3.63, 3.8) is 0 Å². The summed E-state index contributed by atoms with van der Waals surface area (Å²) in [4.78, 5) is 8.00. The molecule has 0 heterocycles. The van der Waals surface area contributed by atoms with E-state index in [1.807, 2.05) is 47.5 Å². The molecule has 0 fully saturated rings. The van der Waals surface area contributed by atoms with E-state index in [9.17, 15) is 0 Å². The third-order valence-electron chi connectivity index (χ3n) is 3.21. The fourth-order valence-electron chi connectivity index (χ4n) is 2.22. The van der Waals surface area contributed by atoms with Crippen molar-refractivity contribution in [2.24, 2.45) is 5.92 Å². The molecular weight excluding hydrogens is 316 g/mol. The first kappa shape index (κ1) is 28.6. The van der Waals surface area contributed by atoms with Gasteiger partial charge in [0.2, 0.25) is 0 Å². The third kappa shape index (κ3) is 14.2. The lowest BCUT2D eigenvalue weighted by atomic mass is 9.96. The maximum Gasteiger partial charge on any atom is 0.106 e. The van der Waals surface area contributed by atoms with Crippen LogP contribution in [0.4, 0.5) is 0 Å². The molecule has 0 spiro atoms. The maximum atomic E-state index is 8.00. The molecule has 0 radical (unpaired) electrons. The highest BCUT2D eigenvalue weighted by Crippen LogP contribution is 2.19. The van der Waals surface area contributed by atoms with Gasteiger partial charge in [0, 0.05) is 0 Å². The van der Waals surface area contributed by atoms with Crippen LogP contribution in [0.25, 0.3) is 5.57 Å². The predicted molar refractivity (Wildman–Crippen MR) is 122 cm³/mol. The first-order chi connectivity index (χ1) is 12.7. The minimum atomic E-state index is 0.545. The van der Waals surface area contributed by atoms with Gasteiger partial charge in [0.25, 0.3) is 0 Å². The molecule has 0 amide bonds. The molecule has 1 atom stereocenters. The van der Waals surface area contributed by atoms with Crippen molar-refractivity contribution in [1.29, 1.82) is 0 Å². The molecule has 0 aliphatic rings. The van der Waals surface area contributed by atoms with Crippen LogP contribution in [0.3, 0.4) is 0 Å². The molecular formula is C25H40O. The van der Waals surface area contributed by atoms with Crippen LogP contribution in [0.2, 0.25) is 0 Å². The normalized spacial score (nSPS) is 11.4. The van der Waals surface area contributed by atoms with Gasteiger partial charge in [-0.05, 0) is 42.4 Å². The van der Waals surface area contributed by atoms with Crippen LogP contribution >= 0.6 is 0 Å². The Balaban J connectivity index is -0.000000795. The highest BCUT2D eigenvalue weighted by molar-refractivity contribution is 5.73. The number of hydrogen-bond donors (Lipinski definition) is 0. The van der Waals surface area contributed by atoms with E-state index >= 15 is 0 Å². The summed E-state index contributed by atoms with van der Waals surface area (Å²) < 4.78 is 0. The van der Waals surface area contributed by atoms with Crippen molar-refractivity contribution in [2.45, 2.75) is 61.3 Å². The SMILES string of the molecule is C=C/C(=C\CC)c1cccc(CC(C)/C=C\C=C/C)c1.C=O.CC.CC. The summed E-state index contributed by atoms with van der Waals surface area (Å²) in [7, 11) is 0. The van der Waals surface area contributed by atoms with Crippen molar-refractivity contribution >= 4 is 12.4 Å². The van der Waals surface area contributed by atoms with Crippen molar-refractivity contribution in [3.05, 3.63) is 78.4 Å². The average Bonchev–Trinajstić information content (AvgIpc) is 2.71. The molecule has 1 rings (SSSR count). The zero-order chi connectivity index (χ0) is 20.8. The van der Waals surface area contributed by atoms with E-state index < -0.39 is 0 Å². The van der Waals surface area contributed by atoms with Crippen molar-refractivity contribution in [3.8, 4) is 0 Å². The van der Waals surface area contributed by atoms with E-state index in [2.05, 4.69) is 75.1 Å². The number of hydrogen-bond acceptors (Lipinski definition) is 1. The topological polar surface area (TPSA) is 17.1 Å². The van der Waals surface area contributed by atoms with Crippen LogP contribution in [0.5, 0.6) is 0 Å². The largest absolute Gasteiger partial charge is 0.307 e. The van der Waals surface area contributed by atoms with Gasteiger partial charge >= 0.3 is 0 Å². The molecule has 0 N–H and O–H groups in total. The predicted octanol–water partition coefficient (Wildman–Crippen LogP) is 7.84. The summed E-state index contributed by atoms with van der Waals surface area (Å²) in [6.07, 6.45) is 14.8. The smallest absolute Gasteiger partial charge is 0.106 e. The van der Waals surface area contributed by atoms with Crippen LogP contribution in [0.15, 0.2) is 67.3 Å². The molecule has 0 saturated carbocycles. The average molecular weight is 357 g/mol. The summed E-state index contributed by atoms with van der Waals surface area (Å²) in [6.45, 7) is 20.4. The van der Waals surface area contributed by atoms with Gasteiger partial charge in [-0.15, -0.1) is 0 Å². The van der Waals surface area contributed by atoms with Gasteiger partial charge in [0.1, 0.15) is 6.79 Å². The summed E-state index contributed by atoms with van der Waals surface area (Å²) in [5.74, 6) is 0.545. The Morgan fingerprint density at radius 1 is 1.12 bits per heavy atom. The molecule has 1 aromatic rings. The van der Waals surface area contributed by atoms with Gasteiger partial charge in [-0.25, -0.2) is 0 Å². The maximum absolute atomic E-state index is 8.00. The second kappa shape index (κ2) is 22.9. The second-order valence-corrected chi connectivity index (χ2v) is 5.06. The molecule has 1 unspecified atom stereocenters. The lowest BCUT2D eigenvalue weighted by Gasteiger charge is -2.09. The van der Waals surface area contributed by atoms with Gasteiger partial charge in [-0.3, -0.25) is 0 Å². The molecule has 0 saturated heterocycles. The zero-order valence-electron chi connectivity index (χ0n) is 18.1. The second-order valence-electron chi connectivity index (χ2n) is 5.06. The summed E-state index contributed by atoms with van der Waals surface area (Å²) in [6, 6.07) is 8.78. The fraction of sp³-hybridized carbons (Fsp3) is 0.400. The standard InChI is InChI=1S/C20H26.2C2H6.CH2O/c1-5-8-9-12-17(4)15-18-13-10-14-20(16-18)19(7-3)11-6-2;3*1-2/h5,7-14,16-17H,3,6,15H2,1-2,4H3;2*1-2H3;1H2/b8-5-,12-9-,19-11+;;;. The van der Waals surface area contributed by atoms with E-state index in [1.165, 1.54) is 16.7 Å². The lowest BCUT2D eigenvalue weighted by molar-refractivity contribution is -0.0979. The third-order valence-corrected chi connectivity index (χ3v) is 3.21. The van der Waals surface area contributed by atoms with E-state index in [1.54, 1.807) is 0 Å². The van der Waals surface area contributed by atoms with Gasteiger partial charge in [0.05, 0.1) is 0 Å². The van der Waals surface area contributed by atoms with E-state index in [0.29, 0.717) is 5.92 Å². The first-order valence-corrected chi connectivity index (χ1v) is 9.71. The van der Waals surface area contributed by atoms with Crippen LogP contribution in [-0.2, 0) is 11.2 Å². The van der Waals surface area contributed by atoms with Crippen LogP contribution < -0.4 is 0 Å². The highest BCUT2D eigenvalue weighted by Gasteiger charge is 2.02. The molecule has 1 aromatic carbocycles. The minimum Gasteiger partial charge on any atom is -0.307 e. The van der Waals surface area contributed by atoms with Gasteiger partial charge < -0.3 is 4.79 Å². The van der Waals surface area contributed by atoms with Gasteiger partial charge in [0.15, 0.2) is 0 Å². The fourth-order valence-corrected chi connectivity index (χ4v) is 2.22. The van der Waals surface area contributed by atoms with Crippen molar-refractivity contribution in [2.75, 3.05) is 0 Å². The Bertz CT molecular complexity index is 521. The Kier molecular flexibility index (Phi) is 25.2.